The summed E-state index contributed by atoms with van der Waals surface area (Å²) >= 11 is 0. The van der Waals surface area contributed by atoms with Crippen molar-refractivity contribution in [2.75, 3.05) is 13.1 Å². The van der Waals surface area contributed by atoms with Crippen LogP contribution >= 0.6 is 0 Å². The Kier molecular flexibility index (Phi) is 5.96. The molecule has 0 unspecified atom stereocenters. The Labute approximate surface area is 151 Å². The molecule has 26 heavy (non-hydrogen) atoms. The van der Waals surface area contributed by atoms with E-state index in [2.05, 4.69) is 15.4 Å². The molecule has 8 nitrogen and oxygen atoms in total. The van der Waals surface area contributed by atoms with Gasteiger partial charge in [0.25, 0.3) is 5.91 Å². The molecule has 8 heteroatoms. The highest BCUT2D eigenvalue weighted by atomic mass is 16.3. The van der Waals surface area contributed by atoms with Crippen molar-refractivity contribution in [1.29, 1.82) is 0 Å². The Morgan fingerprint density at radius 3 is 2.85 bits per heavy atom. The van der Waals surface area contributed by atoms with Crippen LogP contribution in [0.3, 0.4) is 0 Å². The molecule has 0 radical (unpaired) electrons. The third-order valence-corrected chi connectivity index (χ3v) is 4.49. The Hall–Kier alpha value is -2.74. The van der Waals surface area contributed by atoms with Gasteiger partial charge in [0.15, 0.2) is 0 Å². The van der Waals surface area contributed by atoms with Gasteiger partial charge >= 0.3 is 0 Å². The van der Waals surface area contributed by atoms with Crippen LogP contribution < -0.4 is 5.32 Å². The lowest BCUT2D eigenvalue weighted by Crippen LogP contribution is -2.55. The van der Waals surface area contributed by atoms with Crippen LogP contribution in [-0.2, 0) is 11.3 Å². The number of piperidine rings is 1. The van der Waals surface area contributed by atoms with Crippen LogP contribution in [0.4, 0.5) is 0 Å². The zero-order valence-electron chi connectivity index (χ0n) is 14.5. The van der Waals surface area contributed by atoms with Crippen LogP contribution in [0.25, 0.3) is 0 Å². The van der Waals surface area contributed by atoms with E-state index >= 15 is 0 Å². The van der Waals surface area contributed by atoms with Crippen molar-refractivity contribution in [2.45, 2.75) is 38.0 Å². The molecular weight excluding hydrogens is 334 g/mol. The highest BCUT2D eigenvalue weighted by molar-refractivity contribution is 5.92. The van der Waals surface area contributed by atoms with Gasteiger partial charge in [-0.05, 0) is 31.0 Å². The number of aliphatic hydroxyl groups is 1. The van der Waals surface area contributed by atoms with Crippen molar-refractivity contribution < 1.29 is 14.7 Å². The minimum absolute atomic E-state index is 0.0192. The van der Waals surface area contributed by atoms with Gasteiger partial charge in [-0.15, -0.1) is 0 Å². The summed E-state index contributed by atoms with van der Waals surface area (Å²) in [6, 6.07) is 6.57. The molecule has 2 N–H and O–H groups in total. The average molecular weight is 357 g/mol. The number of amides is 2. The van der Waals surface area contributed by atoms with E-state index in [-0.39, 0.29) is 24.4 Å². The Balaban J connectivity index is 1.44. The smallest absolute Gasteiger partial charge is 0.270 e. The van der Waals surface area contributed by atoms with Gasteiger partial charge in [-0.1, -0.05) is 6.07 Å². The number of aliphatic hydroxyl groups excluding tert-OH is 1. The van der Waals surface area contributed by atoms with Crippen LogP contribution in [0.15, 0.2) is 42.9 Å². The molecule has 0 spiro atoms. The van der Waals surface area contributed by atoms with Crippen molar-refractivity contribution in [3.05, 3.63) is 48.5 Å². The number of aromatic nitrogens is 3. The second-order valence-electron chi connectivity index (χ2n) is 6.36. The van der Waals surface area contributed by atoms with Gasteiger partial charge in [0.05, 0.1) is 12.1 Å². The number of rotatable bonds is 6. The van der Waals surface area contributed by atoms with Gasteiger partial charge in [0.1, 0.15) is 5.69 Å². The number of nitrogens with zero attached hydrogens (tertiary/aromatic N) is 4. The maximum Gasteiger partial charge on any atom is 0.270 e. The quantitative estimate of drug-likeness (QED) is 0.782. The summed E-state index contributed by atoms with van der Waals surface area (Å²) in [5.74, 6) is -0.292. The van der Waals surface area contributed by atoms with Gasteiger partial charge in [-0.2, -0.15) is 5.10 Å². The van der Waals surface area contributed by atoms with Crippen LogP contribution in [0.1, 0.15) is 29.8 Å². The summed E-state index contributed by atoms with van der Waals surface area (Å²) in [6.45, 7) is 1.44. The van der Waals surface area contributed by atoms with Crippen LogP contribution in [0.5, 0.6) is 0 Å². The first-order chi connectivity index (χ1) is 12.6. The molecule has 2 amide bonds. The fourth-order valence-corrected chi connectivity index (χ4v) is 3.05. The molecule has 1 fully saturated rings. The molecule has 3 rings (SSSR count). The molecule has 0 saturated carbocycles. The number of hydrogen-bond acceptors (Lipinski definition) is 5. The lowest BCUT2D eigenvalue weighted by Gasteiger charge is -2.36. The van der Waals surface area contributed by atoms with Crippen molar-refractivity contribution in [3.8, 4) is 0 Å². The Bertz CT molecular complexity index is 720. The third kappa shape index (κ3) is 4.66. The fraction of sp³-hybridized carbons (Fsp3) is 0.444. The predicted octanol–water partition coefficient (Wildman–Crippen LogP) is 0.450. The number of pyridine rings is 1. The molecular formula is C18H23N5O3. The largest absolute Gasteiger partial charge is 0.389 e. The van der Waals surface area contributed by atoms with Gasteiger partial charge in [0, 0.05) is 44.6 Å². The van der Waals surface area contributed by atoms with E-state index in [1.165, 1.54) is 0 Å². The molecule has 1 saturated heterocycles. The SMILES string of the molecule is O=C(N[C@@H]1CCN(C(=O)CCCn2cccn2)C[C@H]1O)c1ccccn1. The van der Waals surface area contributed by atoms with E-state index in [4.69, 9.17) is 0 Å². The molecule has 3 heterocycles. The number of carbonyl (C=O) groups is 2. The summed E-state index contributed by atoms with van der Waals surface area (Å²) in [5.41, 5.74) is 0.317. The molecule has 0 bridgehead atoms. The minimum atomic E-state index is -0.786. The van der Waals surface area contributed by atoms with E-state index in [1.807, 2.05) is 12.3 Å². The van der Waals surface area contributed by atoms with Crippen LogP contribution in [0.2, 0.25) is 0 Å². The predicted molar refractivity (Wildman–Crippen MR) is 94.2 cm³/mol. The first-order valence-corrected chi connectivity index (χ1v) is 8.78. The maximum absolute atomic E-state index is 12.3. The average Bonchev–Trinajstić information content (AvgIpc) is 3.17. The molecule has 2 aromatic rings. The number of hydrogen-bond donors (Lipinski definition) is 2. The lowest BCUT2D eigenvalue weighted by molar-refractivity contribution is -0.134. The maximum atomic E-state index is 12.3. The highest BCUT2D eigenvalue weighted by Crippen LogP contribution is 2.14. The Morgan fingerprint density at radius 2 is 2.15 bits per heavy atom. The summed E-state index contributed by atoms with van der Waals surface area (Å²) in [5, 5.41) is 17.2. The molecule has 1 aliphatic heterocycles. The van der Waals surface area contributed by atoms with Crippen LogP contribution in [0, 0.1) is 0 Å². The highest BCUT2D eigenvalue weighted by Gasteiger charge is 2.31. The zero-order chi connectivity index (χ0) is 18.4. The summed E-state index contributed by atoms with van der Waals surface area (Å²) < 4.78 is 1.79. The molecule has 2 atom stereocenters. The van der Waals surface area contributed by atoms with Crippen LogP contribution in [-0.4, -0.2) is 61.8 Å². The molecule has 2 aromatic heterocycles. The molecule has 0 aromatic carbocycles. The number of nitrogens with one attached hydrogen (secondary N) is 1. The van der Waals surface area contributed by atoms with Gasteiger partial charge < -0.3 is 15.3 Å². The molecule has 138 valence electrons. The first-order valence-electron chi connectivity index (χ1n) is 8.78. The normalized spacial score (nSPS) is 20.0. The van der Waals surface area contributed by atoms with Gasteiger partial charge in [-0.3, -0.25) is 19.3 Å². The Morgan fingerprint density at radius 1 is 1.27 bits per heavy atom. The summed E-state index contributed by atoms with van der Waals surface area (Å²) in [4.78, 5) is 30.1. The van der Waals surface area contributed by atoms with Crippen molar-refractivity contribution >= 4 is 11.8 Å². The topological polar surface area (TPSA) is 100 Å². The van der Waals surface area contributed by atoms with Crippen molar-refractivity contribution in [2.24, 2.45) is 0 Å². The van der Waals surface area contributed by atoms with E-state index in [1.54, 1.807) is 40.2 Å². The minimum Gasteiger partial charge on any atom is -0.389 e. The van der Waals surface area contributed by atoms with E-state index in [0.717, 1.165) is 0 Å². The molecule has 1 aliphatic rings. The molecule has 0 aliphatic carbocycles. The second kappa shape index (κ2) is 8.57. The van der Waals surface area contributed by atoms with Gasteiger partial charge in [0.2, 0.25) is 5.91 Å². The third-order valence-electron chi connectivity index (χ3n) is 4.49. The summed E-state index contributed by atoms with van der Waals surface area (Å²) in [6.07, 6.45) is 5.98. The second-order valence-corrected chi connectivity index (χ2v) is 6.36. The lowest BCUT2D eigenvalue weighted by atomic mass is 10.0. The first kappa shape index (κ1) is 18.1. The number of carbonyl (C=O) groups excluding carboxylic acids is 2. The van der Waals surface area contributed by atoms with Gasteiger partial charge in [-0.25, -0.2) is 0 Å². The number of β-amino-alcohol motifs (C(OH)–C–C–N with tert-alkyl or cyclic N) is 1. The van der Waals surface area contributed by atoms with E-state index < -0.39 is 6.10 Å². The van der Waals surface area contributed by atoms with Crippen molar-refractivity contribution in [1.82, 2.24) is 25.0 Å². The standard InChI is InChI=1S/C18H23N5O3/c24-16-13-22(17(25)6-3-10-23-11-4-9-20-23)12-7-14(16)21-18(26)15-5-1-2-8-19-15/h1-2,4-5,8-9,11,14,16,24H,3,6-7,10,12-13H2,(H,21,26)/t14-,16-/m1/s1. The number of likely N-dealkylation sites (tertiary alicyclic amines) is 1. The monoisotopic (exact) mass is 357 g/mol. The zero-order valence-corrected chi connectivity index (χ0v) is 14.5. The van der Waals surface area contributed by atoms with Crippen molar-refractivity contribution in [3.63, 3.8) is 0 Å². The summed E-state index contributed by atoms with van der Waals surface area (Å²) in [7, 11) is 0. The number of aryl methyl sites for hydroxylation is 1. The van der Waals surface area contributed by atoms with E-state index in [9.17, 15) is 14.7 Å². The van der Waals surface area contributed by atoms with E-state index in [0.29, 0.717) is 38.0 Å². The fourth-order valence-electron chi connectivity index (χ4n) is 3.05.